The van der Waals surface area contributed by atoms with Crippen molar-refractivity contribution in [2.75, 3.05) is 17.2 Å². The molecule has 0 saturated heterocycles. The molecule has 0 spiro atoms. The second-order valence-corrected chi connectivity index (χ2v) is 6.75. The summed E-state index contributed by atoms with van der Waals surface area (Å²) in [5, 5.41) is 14.6. The van der Waals surface area contributed by atoms with Gasteiger partial charge in [-0.05, 0) is 54.8 Å². The number of benzene rings is 3. The van der Waals surface area contributed by atoms with Crippen molar-refractivity contribution in [3.8, 4) is 11.5 Å². The normalized spacial score (nSPS) is 10.4. The maximum Gasteiger partial charge on any atom is 0.244 e. The van der Waals surface area contributed by atoms with Gasteiger partial charge in [0.2, 0.25) is 5.95 Å². The van der Waals surface area contributed by atoms with E-state index in [-0.39, 0.29) is 0 Å². The van der Waals surface area contributed by atoms with Gasteiger partial charge in [-0.25, -0.2) is 0 Å². The molecule has 0 aliphatic rings. The Hall–Kier alpha value is -3.93. The largest absolute Gasteiger partial charge is 0.457 e. The molecule has 30 heavy (non-hydrogen) atoms. The second kappa shape index (κ2) is 10.0. The van der Waals surface area contributed by atoms with Gasteiger partial charge in [0.05, 0.1) is 6.20 Å². The fourth-order valence-electron chi connectivity index (χ4n) is 2.95. The number of nitrogens with zero attached hydrogens (tertiary/aromatic N) is 3. The molecule has 2 N–H and O–H groups in total. The van der Waals surface area contributed by atoms with Gasteiger partial charge in [-0.15, -0.1) is 5.10 Å². The van der Waals surface area contributed by atoms with Crippen molar-refractivity contribution in [1.82, 2.24) is 15.2 Å². The van der Waals surface area contributed by atoms with E-state index in [2.05, 4.69) is 50.1 Å². The monoisotopic (exact) mass is 397 g/mol. The Labute approximate surface area is 176 Å². The number of hydrogen-bond donors (Lipinski definition) is 2. The lowest BCUT2D eigenvalue weighted by atomic mass is 10.1. The van der Waals surface area contributed by atoms with E-state index in [0.29, 0.717) is 11.8 Å². The molecule has 6 heteroatoms. The number of aromatic nitrogens is 3. The SMILES string of the molecule is c1ccc(CCCNc2nncc(Nc3ccc(Oc4ccccc4)cc3)n2)cc1. The smallest absolute Gasteiger partial charge is 0.244 e. The third-order valence-electron chi connectivity index (χ3n) is 4.43. The van der Waals surface area contributed by atoms with Crippen molar-refractivity contribution in [1.29, 1.82) is 0 Å². The molecule has 0 bridgehead atoms. The van der Waals surface area contributed by atoms with Crippen molar-refractivity contribution in [2.24, 2.45) is 0 Å². The minimum atomic E-state index is 0.511. The fourth-order valence-corrected chi connectivity index (χ4v) is 2.95. The molecule has 4 rings (SSSR count). The summed E-state index contributed by atoms with van der Waals surface area (Å²) >= 11 is 0. The number of rotatable bonds is 9. The molecular weight excluding hydrogens is 374 g/mol. The zero-order chi connectivity index (χ0) is 20.4. The molecule has 0 atom stereocenters. The zero-order valence-corrected chi connectivity index (χ0v) is 16.5. The van der Waals surface area contributed by atoms with Crippen LogP contribution in [0.3, 0.4) is 0 Å². The molecule has 3 aromatic carbocycles. The Bertz CT molecular complexity index is 1040. The third kappa shape index (κ3) is 5.78. The fraction of sp³-hybridized carbons (Fsp3) is 0.125. The van der Waals surface area contributed by atoms with Crippen LogP contribution in [0.1, 0.15) is 12.0 Å². The molecule has 0 radical (unpaired) electrons. The molecule has 6 nitrogen and oxygen atoms in total. The first kappa shape index (κ1) is 19.4. The van der Waals surface area contributed by atoms with Crippen LogP contribution in [-0.4, -0.2) is 21.7 Å². The molecule has 0 fully saturated rings. The highest BCUT2D eigenvalue weighted by Crippen LogP contribution is 2.23. The van der Waals surface area contributed by atoms with Gasteiger partial charge in [0.15, 0.2) is 5.82 Å². The van der Waals surface area contributed by atoms with Crippen LogP contribution in [0.25, 0.3) is 0 Å². The lowest BCUT2D eigenvalue weighted by Gasteiger charge is -2.09. The number of para-hydroxylation sites is 1. The van der Waals surface area contributed by atoms with Crippen LogP contribution < -0.4 is 15.4 Å². The summed E-state index contributed by atoms with van der Waals surface area (Å²) in [5.74, 6) is 2.72. The Balaban J connectivity index is 1.28. The Morgan fingerprint density at radius 3 is 2.23 bits per heavy atom. The van der Waals surface area contributed by atoms with Crippen molar-refractivity contribution >= 4 is 17.5 Å². The van der Waals surface area contributed by atoms with E-state index in [1.54, 1.807) is 6.20 Å². The van der Waals surface area contributed by atoms with E-state index in [4.69, 9.17) is 4.74 Å². The second-order valence-electron chi connectivity index (χ2n) is 6.75. The molecule has 1 aromatic heterocycles. The summed E-state index contributed by atoms with van der Waals surface area (Å²) in [6.07, 6.45) is 3.61. The highest BCUT2D eigenvalue weighted by Gasteiger charge is 2.03. The van der Waals surface area contributed by atoms with Crippen molar-refractivity contribution in [3.63, 3.8) is 0 Å². The molecule has 4 aromatic rings. The summed E-state index contributed by atoms with van der Waals surface area (Å²) in [6.45, 7) is 0.783. The van der Waals surface area contributed by atoms with Crippen LogP contribution in [0, 0.1) is 0 Å². The molecule has 0 aliphatic heterocycles. The predicted molar refractivity (Wildman–Crippen MR) is 119 cm³/mol. The quantitative estimate of drug-likeness (QED) is 0.366. The number of ether oxygens (including phenoxy) is 1. The highest BCUT2D eigenvalue weighted by molar-refractivity contribution is 5.57. The number of nitrogens with one attached hydrogen (secondary N) is 2. The van der Waals surface area contributed by atoms with E-state index < -0.39 is 0 Å². The van der Waals surface area contributed by atoms with Crippen LogP contribution >= 0.6 is 0 Å². The van der Waals surface area contributed by atoms with Gasteiger partial charge in [0.1, 0.15) is 11.5 Å². The Kier molecular flexibility index (Phi) is 6.48. The van der Waals surface area contributed by atoms with Gasteiger partial charge in [-0.3, -0.25) is 0 Å². The van der Waals surface area contributed by atoms with Crippen LogP contribution in [0.15, 0.2) is 91.1 Å². The van der Waals surface area contributed by atoms with E-state index in [1.165, 1.54) is 5.56 Å². The summed E-state index contributed by atoms with van der Waals surface area (Å²) in [7, 11) is 0. The molecule has 0 aliphatic carbocycles. The lowest BCUT2D eigenvalue weighted by molar-refractivity contribution is 0.483. The highest BCUT2D eigenvalue weighted by atomic mass is 16.5. The van der Waals surface area contributed by atoms with Gasteiger partial charge >= 0.3 is 0 Å². The summed E-state index contributed by atoms with van der Waals surface area (Å²) in [4.78, 5) is 4.48. The lowest BCUT2D eigenvalue weighted by Crippen LogP contribution is -2.08. The Morgan fingerprint density at radius 1 is 0.767 bits per heavy atom. The zero-order valence-electron chi connectivity index (χ0n) is 16.5. The van der Waals surface area contributed by atoms with Gasteiger partial charge < -0.3 is 15.4 Å². The average Bonchev–Trinajstić information content (AvgIpc) is 2.80. The topological polar surface area (TPSA) is 72.0 Å². The molecular formula is C24H23N5O. The van der Waals surface area contributed by atoms with Crippen LogP contribution in [-0.2, 0) is 6.42 Å². The van der Waals surface area contributed by atoms with E-state index in [1.807, 2.05) is 60.7 Å². The van der Waals surface area contributed by atoms with Crippen molar-refractivity contribution < 1.29 is 4.74 Å². The number of hydrogen-bond acceptors (Lipinski definition) is 6. The van der Waals surface area contributed by atoms with Gasteiger partial charge in [-0.1, -0.05) is 48.5 Å². The van der Waals surface area contributed by atoms with Crippen molar-refractivity contribution in [2.45, 2.75) is 12.8 Å². The average molecular weight is 397 g/mol. The maximum absolute atomic E-state index is 5.81. The standard InChI is InChI=1S/C24H23N5O/c1-3-8-19(9-4-1)10-7-17-25-24-28-23(18-26-29-24)27-20-13-15-22(16-14-20)30-21-11-5-2-6-12-21/h1-6,8-9,11-16,18H,7,10,17H2,(H2,25,27,28,29). The first-order valence-corrected chi connectivity index (χ1v) is 9.93. The first-order chi connectivity index (χ1) is 14.8. The van der Waals surface area contributed by atoms with E-state index >= 15 is 0 Å². The Morgan fingerprint density at radius 2 is 1.47 bits per heavy atom. The first-order valence-electron chi connectivity index (χ1n) is 9.93. The molecule has 150 valence electrons. The number of anilines is 3. The van der Waals surface area contributed by atoms with Gasteiger partial charge in [0.25, 0.3) is 0 Å². The number of aryl methyl sites for hydroxylation is 1. The predicted octanol–water partition coefficient (Wildman–Crippen LogP) is 5.45. The minimum absolute atomic E-state index is 0.511. The van der Waals surface area contributed by atoms with E-state index in [9.17, 15) is 0 Å². The summed E-state index contributed by atoms with van der Waals surface area (Å²) in [5.41, 5.74) is 2.22. The van der Waals surface area contributed by atoms with Crippen LogP contribution in [0.4, 0.5) is 17.5 Å². The van der Waals surface area contributed by atoms with Crippen LogP contribution in [0.5, 0.6) is 11.5 Å². The molecule has 0 saturated carbocycles. The summed E-state index contributed by atoms with van der Waals surface area (Å²) < 4.78 is 5.81. The van der Waals surface area contributed by atoms with Gasteiger partial charge in [0, 0.05) is 12.2 Å². The van der Waals surface area contributed by atoms with Crippen molar-refractivity contribution in [3.05, 3.63) is 96.7 Å². The van der Waals surface area contributed by atoms with E-state index in [0.717, 1.165) is 36.6 Å². The summed E-state index contributed by atoms with van der Waals surface area (Å²) in [6, 6.07) is 27.8. The molecule has 0 unspecified atom stereocenters. The molecule has 1 heterocycles. The van der Waals surface area contributed by atoms with Gasteiger partial charge in [-0.2, -0.15) is 10.1 Å². The van der Waals surface area contributed by atoms with Crippen LogP contribution in [0.2, 0.25) is 0 Å². The molecule has 0 amide bonds. The minimum Gasteiger partial charge on any atom is -0.457 e. The third-order valence-corrected chi connectivity index (χ3v) is 4.43. The maximum atomic E-state index is 5.81.